The first-order valence-corrected chi connectivity index (χ1v) is 9.93. The van der Waals surface area contributed by atoms with E-state index in [0.717, 1.165) is 0 Å². The topological polar surface area (TPSA) is 117 Å². The molecular weight excluding hydrogens is 456 g/mol. The summed E-state index contributed by atoms with van der Waals surface area (Å²) in [4.78, 5) is 39.5. The number of allylic oxidation sites excluding steroid dienone is 1. The summed E-state index contributed by atoms with van der Waals surface area (Å²) in [5.41, 5.74) is 4.65. The molecule has 30 heavy (non-hydrogen) atoms. The van der Waals surface area contributed by atoms with Crippen LogP contribution >= 0.6 is 15.9 Å². The number of benzene rings is 1. The van der Waals surface area contributed by atoms with E-state index in [9.17, 15) is 14.4 Å². The molecule has 1 spiro atoms. The van der Waals surface area contributed by atoms with Crippen molar-refractivity contribution in [2.45, 2.75) is 32.3 Å². The minimum absolute atomic E-state index is 0.0181. The Bertz CT molecular complexity index is 1030. The first-order valence-electron chi connectivity index (χ1n) is 9.14. The van der Waals surface area contributed by atoms with E-state index in [1.54, 1.807) is 32.0 Å². The monoisotopic (exact) mass is 476 g/mol. The van der Waals surface area contributed by atoms with Crippen molar-refractivity contribution < 1.29 is 28.6 Å². The highest BCUT2D eigenvalue weighted by atomic mass is 79.9. The fraction of sp³-hybridized carbons (Fsp3) is 0.286. The first kappa shape index (κ1) is 21.6. The van der Waals surface area contributed by atoms with Crippen molar-refractivity contribution in [1.29, 1.82) is 0 Å². The van der Waals surface area contributed by atoms with Crippen LogP contribution in [0.2, 0.25) is 0 Å². The van der Waals surface area contributed by atoms with Crippen LogP contribution in [0.15, 0.2) is 58.1 Å². The van der Waals surface area contributed by atoms with Crippen LogP contribution in [0.3, 0.4) is 0 Å². The van der Waals surface area contributed by atoms with Crippen LogP contribution < -0.4 is 11.1 Å². The number of hydrogen-bond acceptors (Lipinski definition) is 8. The number of nitrogens with one attached hydrogen (secondary N) is 1. The van der Waals surface area contributed by atoms with Gasteiger partial charge in [-0.3, -0.25) is 0 Å². The van der Waals surface area contributed by atoms with Gasteiger partial charge in [-0.15, -0.1) is 0 Å². The molecule has 0 amide bonds. The van der Waals surface area contributed by atoms with Gasteiger partial charge in [0.1, 0.15) is 29.3 Å². The SMILES string of the molecule is C=CCOC(=O)C1=C(C)OC(=O)[C@]12C(C(=O)OC(C)C)=C(N)Nc1ccc(Br)cc12. The molecule has 0 fully saturated rings. The summed E-state index contributed by atoms with van der Waals surface area (Å²) in [5.74, 6) is -2.61. The summed E-state index contributed by atoms with van der Waals surface area (Å²) >= 11 is 3.38. The largest absolute Gasteiger partial charge is 0.459 e. The van der Waals surface area contributed by atoms with E-state index in [1.165, 1.54) is 13.0 Å². The lowest BCUT2D eigenvalue weighted by Gasteiger charge is -2.36. The van der Waals surface area contributed by atoms with Gasteiger partial charge in [0.2, 0.25) is 0 Å². The molecule has 158 valence electrons. The van der Waals surface area contributed by atoms with Gasteiger partial charge in [-0.1, -0.05) is 28.6 Å². The van der Waals surface area contributed by atoms with Crippen LogP contribution in [-0.2, 0) is 34.0 Å². The Morgan fingerprint density at radius 1 is 1.33 bits per heavy atom. The summed E-state index contributed by atoms with van der Waals surface area (Å²) in [6.07, 6.45) is 0.904. The molecule has 0 radical (unpaired) electrons. The summed E-state index contributed by atoms with van der Waals surface area (Å²) in [6, 6.07) is 5.03. The van der Waals surface area contributed by atoms with E-state index < -0.39 is 29.4 Å². The van der Waals surface area contributed by atoms with Gasteiger partial charge in [0.25, 0.3) is 0 Å². The van der Waals surface area contributed by atoms with Gasteiger partial charge < -0.3 is 25.3 Å². The number of esters is 3. The van der Waals surface area contributed by atoms with E-state index in [-0.39, 0.29) is 29.3 Å². The molecule has 0 saturated carbocycles. The third kappa shape index (κ3) is 3.28. The van der Waals surface area contributed by atoms with Crippen LogP contribution in [0.4, 0.5) is 5.69 Å². The highest BCUT2D eigenvalue weighted by Gasteiger charge is 2.63. The molecule has 9 heteroatoms. The van der Waals surface area contributed by atoms with Crippen LogP contribution in [0.1, 0.15) is 26.3 Å². The van der Waals surface area contributed by atoms with Gasteiger partial charge in [-0.25, -0.2) is 14.4 Å². The molecule has 0 aliphatic carbocycles. The Kier molecular flexibility index (Phi) is 5.76. The molecular formula is C21H21BrN2O6. The Morgan fingerprint density at radius 3 is 2.67 bits per heavy atom. The Morgan fingerprint density at radius 2 is 2.03 bits per heavy atom. The molecule has 2 heterocycles. The number of ether oxygens (including phenoxy) is 3. The highest BCUT2D eigenvalue weighted by Crippen LogP contribution is 2.53. The van der Waals surface area contributed by atoms with E-state index in [0.29, 0.717) is 15.7 Å². The van der Waals surface area contributed by atoms with Gasteiger partial charge >= 0.3 is 17.9 Å². The number of fused-ring (bicyclic) bond motifs is 2. The van der Waals surface area contributed by atoms with Crippen LogP contribution in [-0.4, -0.2) is 30.6 Å². The van der Waals surface area contributed by atoms with Gasteiger partial charge in [0.15, 0.2) is 5.41 Å². The average molecular weight is 477 g/mol. The zero-order valence-corrected chi connectivity index (χ0v) is 18.3. The number of carbonyl (C=O) groups is 3. The highest BCUT2D eigenvalue weighted by molar-refractivity contribution is 9.10. The Balaban J connectivity index is 2.36. The van der Waals surface area contributed by atoms with Crippen LogP contribution in [0.5, 0.6) is 0 Å². The molecule has 0 unspecified atom stereocenters. The van der Waals surface area contributed by atoms with Crippen LogP contribution in [0.25, 0.3) is 0 Å². The van der Waals surface area contributed by atoms with Crippen molar-refractivity contribution in [3.63, 3.8) is 0 Å². The third-order valence-corrected chi connectivity index (χ3v) is 5.15. The number of cyclic esters (lactones) is 1. The van der Waals surface area contributed by atoms with E-state index in [2.05, 4.69) is 27.8 Å². The molecule has 1 atom stereocenters. The van der Waals surface area contributed by atoms with Gasteiger partial charge in [0.05, 0.1) is 6.10 Å². The number of anilines is 1. The Hall–Kier alpha value is -3.07. The minimum Gasteiger partial charge on any atom is -0.459 e. The van der Waals surface area contributed by atoms with E-state index in [4.69, 9.17) is 19.9 Å². The van der Waals surface area contributed by atoms with Crippen molar-refractivity contribution in [2.24, 2.45) is 5.73 Å². The predicted molar refractivity (Wildman–Crippen MR) is 112 cm³/mol. The molecule has 3 N–H and O–H groups in total. The minimum atomic E-state index is -1.94. The van der Waals surface area contributed by atoms with Crippen molar-refractivity contribution in [3.8, 4) is 0 Å². The summed E-state index contributed by atoms with van der Waals surface area (Å²) in [5, 5.41) is 2.92. The summed E-state index contributed by atoms with van der Waals surface area (Å²) in [6.45, 7) is 8.21. The van der Waals surface area contributed by atoms with Crippen molar-refractivity contribution in [2.75, 3.05) is 11.9 Å². The zero-order valence-electron chi connectivity index (χ0n) is 16.7. The third-order valence-electron chi connectivity index (χ3n) is 4.66. The maximum atomic E-state index is 13.3. The second kappa shape index (κ2) is 7.98. The van der Waals surface area contributed by atoms with E-state index >= 15 is 0 Å². The zero-order chi connectivity index (χ0) is 22.2. The molecule has 0 aromatic heterocycles. The van der Waals surface area contributed by atoms with Gasteiger partial charge in [-0.05, 0) is 39.0 Å². The first-order chi connectivity index (χ1) is 14.1. The maximum Gasteiger partial charge on any atom is 0.339 e. The summed E-state index contributed by atoms with van der Waals surface area (Å²) < 4.78 is 16.6. The second-order valence-corrected chi connectivity index (χ2v) is 7.93. The van der Waals surface area contributed by atoms with Crippen molar-refractivity contribution in [3.05, 3.63) is 63.6 Å². The van der Waals surface area contributed by atoms with E-state index in [1.807, 2.05) is 0 Å². The maximum absolute atomic E-state index is 13.3. The molecule has 1 aromatic carbocycles. The number of rotatable bonds is 5. The molecule has 3 rings (SSSR count). The Labute approximate surface area is 181 Å². The fourth-order valence-electron chi connectivity index (χ4n) is 3.62. The molecule has 1 aromatic rings. The van der Waals surface area contributed by atoms with Gasteiger partial charge in [0, 0.05) is 15.7 Å². The smallest absolute Gasteiger partial charge is 0.339 e. The molecule has 8 nitrogen and oxygen atoms in total. The fourth-order valence-corrected chi connectivity index (χ4v) is 3.99. The normalized spacial score (nSPS) is 20.1. The lowest BCUT2D eigenvalue weighted by Crippen LogP contribution is -2.48. The molecule has 2 aliphatic rings. The number of hydrogen-bond donors (Lipinski definition) is 2. The number of halogens is 1. The molecule has 0 saturated heterocycles. The molecule has 0 bridgehead atoms. The van der Waals surface area contributed by atoms with Crippen LogP contribution in [0, 0.1) is 0 Å². The predicted octanol–water partition coefficient (Wildman–Crippen LogP) is 2.79. The quantitative estimate of drug-likeness (QED) is 0.378. The van der Waals surface area contributed by atoms with Crippen molar-refractivity contribution in [1.82, 2.24) is 0 Å². The standard InChI is InChI=1S/C21H21BrN2O6/c1-5-8-28-18(25)15-11(4)30-20(27)21(15)13-9-12(22)6-7-14(13)24-17(23)16(21)19(26)29-10(2)3/h5-7,9-10,24H,1,8,23H2,2-4H3/t21-/m0/s1. The number of carbonyl (C=O) groups excluding carboxylic acids is 3. The summed E-state index contributed by atoms with van der Waals surface area (Å²) in [7, 11) is 0. The lowest BCUT2D eigenvalue weighted by molar-refractivity contribution is -0.148. The average Bonchev–Trinajstić information content (AvgIpc) is 2.90. The van der Waals surface area contributed by atoms with Gasteiger partial charge in [-0.2, -0.15) is 0 Å². The lowest BCUT2D eigenvalue weighted by atomic mass is 9.67. The number of nitrogens with two attached hydrogens (primary N) is 1. The second-order valence-electron chi connectivity index (χ2n) is 7.02. The van der Waals surface area contributed by atoms with Crippen molar-refractivity contribution >= 4 is 39.5 Å². The molecule has 2 aliphatic heterocycles.